The van der Waals surface area contributed by atoms with E-state index >= 15 is 0 Å². The lowest BCUT2D eigenvalue weighted by Crippen LogP contribution is -2.04. The monoisotopic (exact) mass is 292 g/mol. The molecule has 1 N–H and O–H groups in total. The van der Waals surface area contributed by atoms with Gasteiger partial charge >= 0.3 is 0 Å². The van der Waals surface area contributed by atoms with Crippen molar-refractivity contribution in [3.63, 3.8) is 0 Å². The average molecular weight is 292 g/mol. The van der Waals surface area contributed by atoms with E-state index in [9.17, 15) is 0 Å². The van der Waals surface area contributed by atoms with Crippen LogP contribution in [-0.2, 0) is 6.54 Å². The Morgan fingerprint density at radius 2 is 1.73 bits per heavy atom. The summed E-state index contributed by atoms with van der Waals surface area (Å²) in [5.41, 5.74) is 5.51. The van der Waals surface area contributed by atoms with Gasteiger partial charge in [-0.2, -0.15) is 5.10 Å². The summed E-state index contributed by atoms with van der Waals surface area (Å²) in [4.78, 5) is 4.47. The zero-order chi connectivity index (χ0) is 15.5. The van der Waals surface area contributed by atoms with Gasteiger partial charge in [-0.15, -0.1) is 0 Å². The number of nitrogens with zero attached hydrogens (tertiary/aromatic N) is 3. The van der Waals surface area contributed by atoms with Gasteiger partial charge in [0.25, 0.3) is 0 Å². The van der Waals surface area contributed by atoms with Crippen molar-refractivity contribution in [3.05, 3.63) is 71.2 Å². The quantitative estimate of drug-likeness (QED) is 0.795. The van der Waals surface area contributed by atoms with Crippen LogP contribution in [-0.4, -0.2) is 14.8 Å². The van der Waals surface area contributed by atoms with Crippen LogP contribution in [0.5, 0.6) is 0 Å². The molecule has 112 valence electrons. The minimum absolute atomic E-state index is 0.723. The Kier molecular flexibility index (Phi) is 3.92. The highest BCUT2D eigenvalue weighted by Crippen LogP contribution is 2.19. The first-order chi connectivity index (χ1) is 10.6. The predicted molar refractivity (Wildman–Crippen MR) is 89.3 cm³/mol. The number of aromatic nitrogens is 3. The zero-order valence-corrected chi connectivity index (χ0v) is 13.2. The fourth-order valence-electron chi connectivity index (χ4n) is 2.57. The number of benzene rings is 1. The molecule has 0 amide bonds. The largest absolute Gasteiger partial charge is 0.366 e. The molecule has 4 nitrogen and oxygen atoms in total. The number of pyridine rings is 1. The summed E-state index contributed by atoms with van der Waals surface area (Å²) >= 11 is 0. The second kappa shape index (κ2) is 6.02. The third kappa shape index (κ3) is 2.86. The standard InChI is InChI=1S/C18H20N4/c1-13-8-7-11-18(20-13)19-12-17-14(2)21-22(15(17)3)16-9-5-4-6-10-16/h4-11H,12H2,1-3H3,(H,19,20). The Bertz CT molecular complexity index is 775. The number of rotatable bonds is 4. The maximum absolute atomic E-state index is 4.67. The highest BCUT2D eigenvalue weighted by Gasteiger charge is 2.12. The molecule has 0 aliphatic heterocycles. The summed E-state index contributed by atoms with van der Waals surface area (Å²) in [6.45, 7) is 6.87. The Labute approximate surface area is 130 Å². The fraction of sp³-hybridized carbons (Fsp3) is 0.222. The molecule has 2 heterocycles. The third-order valence-corrected chi connectivity index (χ3v) is 3.78. The van der Waals surface area contributed by atoms with Crippen LogP contribution in [0, 0.1) is 20.8 Å². The summed E-state index contributed by atoms with van der Waals surface area (Å²) in [6.07, 6.45) is 0. The highest BCUT2D eigenvalue weighted by molar-refractivity contribution is 5.41. The highest BCUT2D eigenvalue weighted by atomic mass is 15.3. The number of nitrogens with one attached hydrogen (secondary N) is 1. The molecule has 0 aliphatic rings. The van der Waals surface area contributed by atoms with Crippen molar-refractivity contribution in [3.8, 4) is 5.69 Å². The molecule has 4 heteroatoms. The van der Waals surface area contributed by atoms with Gasteiger partial charge in [-0.25, -0.2) is 9.67 Å². The first-order valence-electron chi connectivity index (χ1n) is 7.43. The normalized spacial score (nSPS) is 10.7. The fourth-order valence-corrected chi connectivity index (χ4v) is 2.57. The van der Waals surface area contributed by atoms with Gasteiger partial charge in [0.05, 0.1) is 11.4 Å². The predicted octanol–water partition coefficient (Wildman–Crippen LogP) is 3.80. The molecular weight excluding hydrogens is 272 g/mol. The van der Waals surface area contributed by atoms with Crippen molar-refractivity contribution in [2.75, 3.05) is 5.32 Å². The number of aryl methyl sites for hydroxylation is 2. The summed E-state index contributed by atoms with van der Waals surface area (Å²) in [6, 6.07) is 16.2. The van der Waals surface area contributed by atoms with E-state index in [0.717, 1.165) is 35.1 Å². The van der Waals surface area contributed by atoms with Crippen molar-refractivity contribution in [2.24, 2.45) is 0 Å². The second-order valence-electron chi connectivity index (χ2n) is 5.41. The van der Waals surface area contributed by atoms with Gasteiger partial charge in [-0.1, -0.05) is 24.3 Å². The molecule has 22 heavy (non-hydrogen) atoms. The molecule has 0 fully saturated rings. The topological polar surface area (TPSA) is 42.7 Å². The molecule has 0 bridgehead atoms. The molecule has 3 rings (SSSR count). The minimum Gasteiger partial charge on any atom is -0.366 e. The maximum atomic E-state index is 4.67. The summed E-state index contributed by atoms with van der Waals surface area (Å²) < 4.78 is 2.00. The second-order valence-corrected chi connectivity index (χ2v) is 5.41. The van der Waals surface area contributed by atoms with E-state index in [1.54, 1.807) is 0 Å². The molecule has 0 unspecified atom stereocenters. The number of hydrogen-bond donors (Lipinski definition) is 1. The zero-order valence-electron chi connectivity index (χ0n) is 13.2. The molecule has 0 spiro atoms. The van der Waals surface area contributed by atoms with Crippen molar-refractivity contribution in [1.82, 2.24) is 14.8 Å². The van der Waals surface area contributed by atoms with Crippen LogP contribution in [0.2, 0.25) is 0 Å². The van der Waals surface area contributed by atoms with Gasteiger partial charge in [0.15, 0.2) is 0 Å². The Hall–Kier alpha value is -2.62. The van der Waals surface area contributed by atoms with E-state index in [1.807, 2.05) is 54.9 Å². The molecule has 0 aliphatic carbocycles. The molecule has 0 atom stereocenters. The lowest BCUT2D eigenvalue weighted by atomic mass is 10.2. The van der Waals surface area contributed by atoms with E-state index in [4.69, 9.17) is 0 Å². The van der Waals surface area contributed by atoms with Crippen molar-refractivity contribution >= 4 is 5.82 Å². The van der Waals surface area contributed by atoms with E-state index in [1.165, 1.54) is 5.56 Å². The number of anilines is 1. The van der Waals surface area contributed by atoms with E-state index in [0.29, 0.717) is 0 Å². The SMILES string of the molecule is Cc1cccc(NCc2c(C)nn(-c3ccccc3)c2C)n1. The third-order valence-electron chi connectivity index (χ3n) is 3.78. The van der Waals surface area contributed by atoms with Gasteiger partial charge < -0.3 is 5.32 Å². The van der Waals surface area contributed by atoms with Crippen LogP contribution in [0.25, 0.3) is 5.69 Å². The van der Waals surface area contributed by atoms with Crippen LogP contribution in [0.3, 0.4) is 0 Å². The molecule has 1 aromatic carbocycles. The van der Waals surface area contributed by atoms with Crippen LogP contribution >= 0.6 is 0 Å². The summed E-state index contributed by atoms with van der Waals surface area (Å²) in [7, 11) is 0. The van der Waals surface area contributed by atoms with Gasteiger partial charge in [0.2, 0.25) is 0 Å². The smallest absolute Gasteiger partial charge is 0.126 e. The van der Waals surface area contributed by atoms with Crippen LogP contribution in [0.1, 0.15) is 22.6 Å². The van der Waals surface area contributed by atoms with E-state index in [-0.39, 0.29) is 0 Å². The molecule has 0 saturated heterocycles. The van der Waals surface area contributed by atoms with Crippen LogP contribution in [0.15, 0.2) is 48.5 Å². The van der Waals surface area contributed by atoms with Gasteiger partial charge in [-0.3, -0.25) is 0 Å². The Balaban J connectivity index is 1.84. The lowest BCUT2D eigenvalue weighted by Gasteiger charge is -2.08. The Morgan fingerprint density at radius 3 is 2.45 bits per heavy atom. The summed E-state index contributed by atoms with van der Waals surface area (Å²) in [5, 5.41) is 8.05. The molecule has 0 radical (unpaired) electrons. The first kappa shape index (κ1) is 14.3. The summed E-state index contributed by atoms with van der Waals surface area (Å²) in [5.74, 6) is 0.895. The molecular formula is C18H20N4. The first-order valence-corrected chi connectivity index (χ1v) is 7.43. The van der Waals surface area contributed by atoms with Crippen LogP contribution in [0.4, 0.5) is 5.82 Å². The molecule has 0 saturated carbocycles. The average Bonchev–Trinajstić information content (AvgIpc) is 2.81. The van der Waals surface area contributed by atoms with Crippen molar-refractivity contribution in [1.29, 1.82) is 0 Å². The minimum atomic E-state index is 0.723. The van der Waals surface area contributed by atoms with Crippen molar-refractivity contribution in [2.45, 2.75) is 27.3 Å². The van der Waals surface area contributed by atoms with Gasteiger partial charge in [-0.05, 0) is 45.0 Å². The van der Waals surface area contributed by atoms with Crippen LogP contribution < -0.4 is 5.32 Å². The number of hydrogen-bond acceptors (Lipinski definition) is 3. The van der Waals surface area contributed by atoms with Gasteiger partial charge in [0, 0.05) is 23.5 Å². The lowest BCUT2D eigenvalue weighted by molar-refractivity contribution is 0.832. The maximum Gasteiger partial charge on any atom is 0.126 e. The molecule has 3 aromatic rings. The van der Waals surface area contributed by atoms with E-state index < -0.39 is 0 Å². The van der Waals surface area contributed by atoms with E-state index in [2.05, 4.69) is 34.5 Å². The molecule has 2 aromatic heterocycles. The van der Waals surface area contributed by atoms with Crippen molar-refractivity contribution < 1.29 is 0 Å². The van der Waals surface area contributed by atoms with Gasteiger partial charge in [0.1, 0.15) is 5.82 Å². The number of para-hydroxylation sites is 1. The Morgan fingerprint density at radius 1 is 0.955 bits per heavy atom.